The number of aromatic hydroxyl groups is 1. The number of pyridine rings is 1. The van der Waals surface area contributed by atoms with Crippen molar-refractivity contribution in [3.63, 3.8) is 0 Å². The van der Waals surface area contributed by atoms with Crippen molar-refractivity contribution < 1.29 is 23.0 Å². The van der Waals surface area contributed by atoms with Crippen molar-refractivity contribution in [2.24, 2.45) is 5.92 Å². The molecule has 1 aromatic heterocycles. The molecule has 2 rings (SSSR count). The molecule has 0 aliphatic heterocycles. The maximum Gasteiger partial charge on any atom is 0.522 e. The van der Waals surface area contributed by atoms with E-state index in [9.17, 15) is 18.3 Å². The van der Waals surface area contributed by atoms with Crippen LogP contribution in [0.15, 0.2) is 18.5 Å². The quantitative estimate of drug-likeness (QED) is 0.889. The van der Waals surface area contributed by atoms with Crippen molar-refractivity contribution in [2.75, 3.05) is 6.61 Å². The van der Waals surface area contributed by atoms with E-state index in [0.717, 1.165) is 12.0 Å². The first kappa shape index (κ1) is 12.2. The topological polar surface area (TPSA) is 42.4 Å². The number of halogens is 3. The van der Waals surface area contributed by atoms with Crippen molar-refractivity contribution in [1.29, 1.82) is 0 Å². The van der Waals surface area contributed by atoms with Gasteiger partial charge in [-0.15, -0.1) is 13.2 Å². The number of aromatic nitrogens is 1. The fraction of sp³-hybridized carbons (Fsp3) is 0.545. The SMILES string of the molecule is Oc1cncc([C@H]2C[C@@H]2CCOC(F)(F)F)c1. The van der Waals surface area contributed by atoms with Gasteiger partial charge in [0, 0.05) is 6.20 Å². The van der Waals surface area contributed by atoms with E-state index >= 15 is 0 Å². The maximum absolute atomic E-state index is 11.7. The van der Waals surface area contributed by atoms with Crippen LogP contribution < -0.4 is 0 Å². The van der Waals surface area contributed by atoms with Crippen LogP contribution in [0.25, 0.3) is 0 Å². The van der Waals surface area contributed by atoms with E-state index in [-0.39, 0.29) is 24.2 Å². The summed E-state index contributed by atoms with van der Waals surface area (Å²) >= 11 is 0. The first-order valence-electron chi connectivity index (χ1n) is 5.30. The summed E-state index contributed by atoms with van der Waals surface area (Å²) in [5.41, 5.74) is 0.877. The molecule has 2 atom stereocenters. The van der Waals surface area contributed by atoms with Crippen molar-refractivity contribution in [3.8, 4) is 5.75 Å². The Bertz CT molecular complexity index is 395. The lowest BCUT2D eigenvalue weighted by Gasteiger charge is -2.06. The highest BCUT2D eigenvalue weighted by molar-refractivity contribution is 5.29. The normalized spacial score (nSPS) is 23.7. The number of alkyl halides is 3. The molecule has 1 fully saturated rings. The van der Waals surface area contributed by atoms with E-state index in [2.05, 4.69) is 9.72 Å². The molecule has 0 spiro atoms. The summed E-state index contributed by atoms with van der Waals surface area (Å²) in [6.07, 6.45) is -0.383. The van der Waals surface area contributed by atoms with Crippen molar-refractivity contribution >= 4 is 0 Å². The molecule has 0 aromatic carbocycles. The van der Waals surface area contributed by atoms with Crippen molar-refractivity contribution in [3.05, 3.63) is 24.0 Å². The molecule has 1 saturated carbocycles. The van der Waals surface area contributed by atoms with Gasteiger partial charge < -0.3 is 5.11 Å². The molecule has 1 aromatic rings. The second-order valence-corrected chi connectivity index (χ2v) is 4.16. The largest absolute Gasteiger partial charge is 0.522 e. The molecule has 1 heterocycles. The van der Waals surface area contributed by atoms with Crippen LogP contribution in [0.1, 0.15) is 24.3 Å². The smallest absolute Gasteiger partial charge is 0.506 e. The van der Waals surface area contributed by atoms with Crippen LogP contribution in [0.5, 0.6) is 5.75 Å². The van der Waals surface area contributed by atoms with Gasteiger partial charge in [-0.3, -0.25) is 9.72 Å². The molecule has 0 amide bonds. The summed E-state index contributed by atoms with van der Waals surface area (Å²) in [7, 11) is 0. The Morgan fingerprint density at radius 1 is 1.41 bits per heavy atom. The number of hydrogen-bond acceptors (Lipinski definition) is 3. The number of ether oxygens (including phenoxy) is 1. The van der Waals surface area contributed by atoms with Gasteiger partial charge >= 0.3 is 6.36 Å². The molecule has 6 heteroatoms. The Morgan fingerprint density at radius 2 is 2.18 bits per heavy atom. The standard InChI is InChI=1S/C11H12F3NO2/c12-11(13,14)17-2-1-7-4-10(7)8-3-9(16)6-15-5-8/h3,5-7,10,16H,1-2,4H2/t7-,10-/m0/s1. The second-order valence-electron chi connectivity index (χ2n) is 4.16. The van der Waals surface area contributed by atoms with Crippen LogP contribution in [0.4, 0.5) is 13.2 Å². The summed E-state index contributed by atoms with van der Waals surface area (Å²) in [5.74, 6) is 0.479. The Balaban J connectivity index is 1.77. The molecule has 0 saturated heterocycles. The molecule has 1 aliphatic carbocycles. The lowest BCUT2D eigenvalue weighted by atomic mass is 10.1. The fourth-order valence-corrected chi connectivity index (χ4v) is 1.95. The average Bonchev–Trinajstić information content (AvgIpc) is 2.95. The molecule has 94 valence electrons. The van der Waals surface area contributed by atoms with E-state index in [1.807, 2.05) is 0 Å². The zero-order chi connectivity index (χ0) is 12.5. The Kier molecular flexibility index (Phi) is 3.24. The lowest BCUT2D eigenvalue weighted by molar-refractivity contribution is -0.325. The van der Waals surface area contributed by atoms with E-state index in [4.69, 9.17) is 0 Å². The molecule has 0 unspecified atom stereocenters. The van der Waals surface area contributed by atoms with Gasteiger partial charge in [-0.05, 0) is 36.3 Å². The highest BCUT2D eigenvalue weighted by Crippen LogP contribution is 2.49. The minimum absolute atomic E-state index is 0.0830. The minimum atomic E-state index is -4.54. The number of rotatable bonds is 4. The van der Waals surface area contributed by atoms with E-state index in [0.29, 0.717) is 6.42 Å². The zero-order valence-electron chi connectivity index (χ0n) is 8.94. The van der Waals surface area contributed by atoms with Crippen molar-refractivity contribution in [1.82, 2.24) is 4.98 Å². The van der Waals surface area contributed by atoms with E-state index in [1.54, 1.807) is 12.3 Å². The van der Waals surface area contributed by atoms with Crippen LogP contribution >= 0.6 is 0 Å². The Morgan fingerprint density at radius 3 is 2.82 bits per heavy atom. The predicted molar refractivity (Wildman–Crippen MR) is 53.4 cm³/mol. The van der Waals surface area contributed by atoms with Gasteiger partial charge in [0.2, 0.25) is 0 Å². The summed E-state index contributed by atoms with van der Waals surface area (Å²) in [4.78, 5) is 3.84. The van der Waals surface area contributed by atoms with Gasteiger partial charge in [0.1, 0.15) is 5.75 Å². The Hall–Kier alpha value is -1.30. The van der Waals surface area contributed by atoms with Crippen LogP contribution in [-0.2, 0) is 4.74 Å². The van der Waals surface area contributed by atoms with Crippen LogP contribution in [-0.4, -0.2) is 23.1 Å². The molecule has 1 aliphatic rings. The fourth-order valence-electron chi connectivity index (χ4n) is 1.95. The van der Waals surface area contributed by atoms with Crippen LogP contribution in [0.2, 0.25) is 0 Å². The minimum Gasteiger partial charge on any atom is -0.506 e. The van der Waals surface area contributed by atoms with Gasteiger partial charge in [0.05, 0.1) is 12.8 Å². The van der Waals surface area contributed by atoms with Gasteiger partial charge in [-0.25, -0.2) is 0 Å². The van der Waals surface area contributed by atoms with Gasteiger partial charge in [-0.2, -0.15) is 0 Å². The molecule has 0 radical (unpaired) electrons. The number of hydrogen-bond donors (Lipinski definition) is 1. The third-order valence-electron chi connectivity index (χ3n) is 2.85. The monoisotopic (exact) mass is 247 g/mol. The first-order valence-corrected chi connectivity index (χ1v) is 5.30. The third-order valence-corrected chi connectivity index (χ3v) is 2.85. The first-order chi connectivity index (χ1) is 7.96. The summed E-state index contributed by atoms with van der Waals surface area (Å²) in [6.45, 7) is -0.309. The Labute approximate surface area is 96.2 Å². The summed E-state index contributed by atoms with van der Waals surface area (Å²) in [6, 6.07) is 1.60. The van der Waals surface area contributed by atoms with E-state index < -0.39 is 6.36 Å². The van der Waals surface area contributed by atoms with Gasteiger partial charge in [0.15, 0.2) is 0 Å². The summed E-state index contributed by atoms with van der Waals surface area (Å²) in [5, 5.41) is 9.22. The van der Waals surface area contributed by atoms with E-state index in [1.165, 1.54) is 6.20 Å². The maximum atomic E-state index is 11.7. The lowest BCUT2D eigenvalue weighted by Crippen LogP contribution is -2.14. The zero-order valence-corrected chi connectivity index (χ0v) is 8.94. The molecule has 17 heavy (non-hydrogen) atoms. The molecule has 0 bridgehead atoms. The highest BCUT2D eigenvalue weighted by Gasteiger charge is 2.39. The summed E-state index contributed by atoms with van der Waals surface area (Å²) < 4.78 is 38.9. The molecule has 3 nitrogen and oxygen atoms in total. The van der Waals surface area contributed by atoms with Gasteiger partial charge in [-0.1, -0.05) is 0 Å². The highest BCUT2D eigenvalue weighted by atomic mass is 19.4. The third kappa shape index (κ3) is 3.59. The number of nitrogens with zero attached hydrogens (tertiary/aromatic N) is 1. The molecular weight excluding hydrogens is 235 g/mol. The van der Waals surface area contributed by atoms with Crippen molar-refractivity contribution in [2.45, 2.75) is 25.1 Å². The molecule has 1 N–H and O–H groups in total. The second kappa shape index (κ2) is 4.52. The molecular formula is C11H12F3NO2. The van der Waals surface area contributed by atoms with Crippen LogP contribution in [0, 0.1) is 5.92 Å². The van der Waals surface area contributed by atoms with Crippen LogP contribution in [0.3, 0.4) is 0 Å². The van der Waals surface area contributed by atoms with Gasteiger partial charge in [0.25, 0.3) is 0 Å². The predicted octanol–water partition coefficient (Wildman–Crippen LogP) is 2.82. The average molecular weight is 247 g/mol.